The Morgan fingerprint density at radius 2 is 1.65 bits per heavy atom. The van der Waals surface area contributed by atoms with Crippen LogP contribution in [0.1, 0.15) is 25.3 Å². The molecule has 0 aliphatic carbocycles. The number of nitrogens with one attached hydrogen (secondary N) is 1. The topological polar surface area (TPSA) is 81.2 Å². The molecule has 174 valence electrons. The Labute approximate surface area is 199 Å². The van der Waals surface area contributed by atoms with Crippen LogP contribution in [0.2, 0.25) is 0 Å². The third-order valence-corrected chi connectivity index (χ3v) is 7.13. The summed E-state index contributed by atoms with van der Waals surface area (Å²) in [7, 11) is 0. The van der Waals surface area contributed by atoms with Crippen molar-refractivity contribution in [1.29, 1.82) is 0 Å². The highest BCUT2D eigenvalue weighted by Crippen LogP contribution is 2.36. The number of aromatic nitrogens is 3. The normalized spacial score (nSPS) is 19.6. The summed E-state index contributed by atoms with van der Waals surface area (Å²) in [6, 6.07) is 20.7. The Bertz CT molecular complexity index is 1260. The molecular formula is C27H30N6O. The number of nitrogen functional groups attached to an aromatic ring is 1. The number of likely N-dealkylation sites (tertiary alicyclic amines) is 1. The van der Waals surface area contributed by atoms with Gasteiger partial charge in [-0.3, -0.25) is 4.90 Å². The molecule has 4 heterocycles. The summed E-state index contributed by atoms with van der Waals surface area (Å²) in [6.07, 6.45) is 5.19. The highest BCUT2D eigenvalue weighted by atomic mass is 16.5. The van der Waals surface area contributed by atoms with Gasteiger partial charge in [0.05, 0.1) is 11.4 Å². The summed E-state index contributed by atoms with van der Waals surface area (Å²) in [4.78, 5) is 7.34. The third-order valence-electron chi connectivity index (χ3n) is 7.13. The van der Waals surface area contributed by atoms with E-state index in [0.29, 0.717) is 17.8 Å². The van der Waals surface area contributed by atoms with E-state index in [4.69, 9.17) is 20.6 Å². The Balaban J connectivity index is 1.28. The molecule has 7 heteroatoms. The minimum Gasteiger partial charge on any atom is -0.457 e. The van der Waals surface area contributed by atoms with Gasteiger partial charge in [0.15, 0.2) is 5.65 Å². The second kappa shape index (κ2) is 9.08. The van der Waals surface area contributed by atoms with Crippen LogP contribution in [-0.2, 0) is 0 Å². The van der Waals surface area contributed by atoms with Crippen LogP contribution in [-0.4, -0.2) is 51.9 Å². The van der Waals surface area contributed by atoms with Gasteiger partial charge in [-0.2, -0.15) is 5.10 Å². The van der Waals surface area contributed by atoms with E-state index in [0.717, 1.165) is 72.8 Å². The van der Waals surface area contributed by atoms with E-state index in [2.05, 4.69) is 14.9 Å². The van der Waals surface area contributed by atoms with E-state index in [1.54, 1.807) is 6.20 Å². The molecule has 0 bridgehead atoms. The van der Waals surface area contributed by atoms with Gasteiger partial charge in [0.25, 0.3) is 0 Å². The molecule has 0 saturated carbocycles. The smallest absolute Gasteiger partial charge is 0.160 e. The van der Waals surface area contributed by atoms with Crippen molar-refractivity contribution in [3.8, 4) is 22.8 Å². The Hall–Kier alpha value is -3.42. The summed E-state index contributed by atoms with van der Waals surface area (Å²) >= 11 is 0. The molecule has 1 unspecified atom stereocenters. The number of pyridine rings is 1. The quantitative estimate of drug-likeness (QED) is 0.463. The average molecular weight is 455 g/mol. The van der Waals surface area contributed by atoms with Gasteiger partial charge >= 0.3 is 0 Å². The van der Waals surface area contributed by atoms with Gasteiger partial charge in [-0.25, -0.2) is 9.67 Å². The zero-order valence-electron chi connectivity index (χ0n) is 19.2. The maximum Gasteiger partial charge on any atom is 0.160 e. The summed E-state index contributed by atoms with van der Waals surface area (Å²) < 4.78 is 8.09. The molecule has 6 rings (SSSR count). The number of nitrogens with two attached hydrogens (primary N) is 1. The molecule has 4 aromatic rings. The van der Waals surface area contributed by atoms with Gasteiger partial charge in [0.2, 0.25) is 0 Å². The molecule has 2 aromatic heterocycles. The number of rotatable bonds is 5. The number of nitrogens with zero attached hydrogens (tertiary/aromatic N) is 4. The summed E-state index contributed by atoms with van der Waals surface area (Å²) in [5, 5.41) is 9.50. The maximum atomic E-state index is 6.44. The molecule has 2 saturated heterocycles. The summed E-state index contributed by atoms with van der Waals surface area (Å²) in [6.45, 7) is 4.45. The Morgan fingerprint density at radius 1 is 0.882 bits per heavy atom. The molecule has 3 N–H and O–H groups in total. The van der Waals surface area contributed by atoms with Gasteiger partial charge in [-0.1, -0.05) is 18.2 Å². The first kappa shape index (κ1) is 21.1. The SMILES string of the molecule is Nc1ccnc2c1c(-c1ccc(Oc3ccccc3)cc1)nn2C1CCN(C2CCNC2)CC1. The fourth-order valence-electron chi connectivity index (χ4n) is 5.30. The second-order valence-electron chi connectivity index (χ2n) is 9.25. The van der Waals surface area contributed by atoms with Crippen LogP contribution in [0.5, 0.6) is 11.5 Å². The van der Waals surface area contributed by atoms with Crippen molar-refractivity contribution in [1.82, 2.24) is 25.0 Å². The van der Waals surface area contributed by atoms with Crippen LogP contribution < -0.4 is 15.8 Å². The molecule has 1 atom stereocenters. The number of benzene rings is 2. The van der Waals surface area contributed by atoms with E-state index in [-0.39, 0.29) is 0 Å². The lowest BCUT2D eigenvalue weighted by atomic mass is 10.0. The Kier molecular flexibility index (Phi) is 5.65. The lowest BCUT2D eigenvalue weighted by Crippen LogP contribution is -2.43. The predicted octanol–water partition coefficient (Wildman–Crippen LogP) is 4.47. The summed E-state index contributed by atoms with van der Waals surface area (Å²) in [5.41, 5.74) is 9.93. The van der Waals surface area contributed by atoms with E-state index in [1.807, 2.05) is 60.7 Å². The van der Waals surface area contributed by atoms with Crippen LogP contribution >= 0.6 is 0 Å². The lowest BCUT2D eigenvalue weighted by molar-refractivity contribution is 0.140. The van der Waals surface area contributed by atoms with Crippen LogP contribution in [0, 0.1) is 0 Å². The highest BCUT2D eigenvalue weighted by Gasteiger charge is 2.29. The average Bonchev–Trinajstić information content (AvgIpc) is 3.55. The number of anilines is 1. The molecule has 0 amide bonds. The van der Waals surface area contributed by atoms with Crippen molar-refractivity contribution < 1.29 is 4.74 Å². The van der Waals surface area contributed by atoms with Gasteiger partial charge < -0.3 is 15.8 Å². The number of ether oxygens (including phenoxy) is 1. The van der Waals surface area contributed by atoms with Gasteiger partial charge in [0, 0.05) is 43.1 Å². The number of hydrogen-bond donors (Lipinski definition) is 2. The van der Waals surface area contributed by atoms with Crippen molar-refractivity contribution in [3.05, 3.63) is 66.9 Å². The molecule has 2 fully saturated rings. The lowest BCUT2D eigenvalue weighted by Gasteiger charge is -2.35. The zero-order chi connectivity index (χ0) is 22.9. The van der Waals surface area contributed by atoms with Crippen LogP contribution in [0.3, 0.4) is 0 Å². The number of piperidine rings is 1. The highest BCUT2D eigenvalue weighted by molar-refractivity contribution is 5.99. The van der Waals surface area contributed by atoms with Gasteiger partial charge in [-0.15, -0.1) is 0 Å². The van der Waals surface area contributed by atoms with Crippen LogP contribution in [0.15, 0.2) is 66.9 Å². The standard InChI is InChI=1S/C27H30N6O/c28-24-11-15-30-27-25(24)26(19-6-8-23(9-7-19)34-22-4-2-1-3-5-22)31-33(27)20-12-16-32(17-13-20)21-10-14-29-18-21/h1-9,11,15,20-21,29H,10,12-14,16-18H2,(H2,28,30). The van der Waals surface area contributed by atoms with Crippen molar-refractivity contribution in [3.63, 3.8) is 0 Å². The van der Waals surface area contributed by atoms with Crippen molar-refractivity contribution in [2.24, 2.45) is 0 Å². The molecule has 2 aromatic carbocycles. The Morgan fingerprint density at radius 3 is 2.38 bits per heavy atom. The first-order valence-electron chi connectivity index (χ1n) is 12.2. The van der Waals surface area contributed by atoms with Crippen LogP contribution in [0.25, 0.3) is 22.3 Å². The number of hydrogen-bond acceptors (Lipinski definition) is 6. The van der Waals surface area contributed by atoms with E-state index in [9.17, 15) is 0 Å². The molecule has 7 nitrogen and oxygen atoms in total. The van der Waals surface area contributed by atoms with Crippen LogP contribution in [0.4, 0.5) is 5.69 Å². The molecular weight excluding hydrogens is 424 g/mol. The molecule has 2 aliphatic heterocycles. The first-order valence-corrected chi connectivity index (χ1v) is 12.2. The number of para-hydroxylation sites is 1. The maximum absolute atomic E-state index is 6.44. The largest absolute Gasteiger partial charge is 0.457 e. The fourth-order valence-corrected chi connectivity index (χ4v) is 5.30. The number of fused-ring (bicyclic) bond motifs is 1. The first-order chi connectivity index (χ1) is 16.8. The molecule has 2 aliphatic rings. The molecule has 34 heavy (non-hydrogen) atoms. The minimum atomic E-state index is 0.330. The second-order valence-corrected chi connectivity index (χ2v) is 9.25. The van der Waals surface area contributed by atoms with Gasteiger partial charge in [-0.05, 0) is 68.3 Å². The van der Waals surface area contributed by atoms with Crippen molar-refractivity contribution in [2.45, 2.75) is 31.3 Å². The van der Waals surface area contributed by atoms with Crippen molar-refractivity contribution >= 4 is 16.7 Å². The van der Waals surface area contributed by atoms with Gasteiger partial charge in [0.1, 0.15) is 17.2 Å². The molecule has 0 radical (unpaired) electrons. The molecule has 0 spiro atoms. The van der Waals surface area contributed by atoms with E-state index < -0.39 is 0 Å². The third kappa shape index (κ3) is 4.02. The zero-order valence-corrected chi connectivity index (χ0v) is 19.2. The fraction of sp³-hybridized carbons (Fsp3) is 0.333. The monoisotopic (exact) mass is 454 g/mol. The summed E-state index contributed by atoms with van der Waals surface area (Å²) in [5.74, 6) is 1.61. The minimum absolute atomic E-state index is 0.330. The van der Waals surface area contributed by atoms with E-state index >= 15 is 0 Å². The van der Waals surface area contributed by atoms with Crippen molar-refractivity contribution in [2.75, 3.05) is 31.9 Å². The predicted molar refractivity (Wildman–Crippen MR) is 135 cm³/mol. The van der Waals surface area contributed by atoms with E-state index in [1.165, 1.54) is 6.42 Å².